The molecular weight excluding hydrogens is 352 g/mol. The van der Waals surface area contributed by atoms with Crippen molar-refractivity contribution in [1.82, 2.24) is 4.57 Å². The molecule has 0 fully saturated rings. The first-order valence-corrected chi connectivity index (χ1v) is 10.1. The highest BCUT2D eigenvalue weighted by molar-refractivity contribution is 7.92. The second kappa shape index (κ2) is 7.37. The minimum absolute atomic E-state index is 0.0476. The molecule has 0 aliphatic rings. The predicted molar refractivity (Wildman–Crippen MR) is 102 cm³/mol. The highest BCUT2D eigenvalue weighted by Crippen LogP contribution is 2.21. The van der Waals surface area contributed by atoms with Crippen LogP contribution in [0.4, 0.5) is 5.69 Å². The minimum Gasteiger partial charge on any atom is -0.408 e. The summed E-state index contributed by atoms with van der Waals surface area (Å²) in [6.07, 6.45) is 4.48. The van der Waals surface area contributed by atoms with Crippen molar-refractivity contribution < 1.29 is 12.8 Å². The summed E-state index contributed by atoms with van der Waals surface area (Å²) in [4.78, 5) is 11.6. The summed E-state index contributed by atoms with van der Waals surface area (Å²) in [6, 6.07) is 11.8. The van der Waals surface area contributed by atoms with Gasteiger partial charge in [0.05, 0.1) is 10.4 Å². The molecule has 3 rings (SSSR count). The van der Waals surface area contributed by atoms with E-state index >= 15 is 0 Å². The molecule has 0 saturated heterocycles. The maximum absolute atomic E-state index is 12.6. The van der Waals surface area contributed by atoms with Crippen molar-refractivity contribution in [1.29, 1.82) is 0 Å². The van der Waals surface area contributed by atoms with Crippen molar-refractivity contribution in [3.05, 3.63) is 58.6 Å². The maximum Gasteiger partial charge on any atom is 0.419 e. The van der Waals surface area contributed by atoms with Gasteiger partial charge in [-0.3, -0.25) is 9.29 Å². The van der Waals surface area contributed by atoms with E-state index in [-0.39, 0.29) is 10.5 Å². The summed E-state index contributed by atoms with van der Waals surface area (Å²) in [5.41, 5.74) is 2.48. The fourth-order valence-corrected chi connectivity index (χ4v) is 3.89. The first kappa shape index (κ1) is 18.3. The Hall–Kier alpha value is -2.54. The van der Waals surface area contributed by atoms with Crippen molar-refractivity contribution >= 4 is 26.8 Å². The molecule has 1 heterocycles. The van der Waals surface area contributed by atoms with Gasteiger partial charge in [-0.2, -0.15) is 0 Å². The summed E-state index contributed by atoms with van der Waals surface area (Å²) in [5.74, 6) is -0.527. The lowest BCUT2D eigenvalue weighted by Gasteiger charge is -2.09. The second-order valence-electron chi connectivity index (χ2n) is 6.32. The highest BCUT2D eigenvalue weighted by Gasteiger charge is 2.17. The number of hydrogen-bond acceptors (Lipinski definition) is 4. The molecule has 0 radical (unpaired) electrons. The lowest BCUT2D eigenvalue weighted by molar-refractivity contribution is 0.527. The van der Waals surface area contributed by atoms with Crippen molar-refractivity contribution in [2.24, 2.45) is 7.05 Å². The molecule has 0 amide bonds. The van der Waals surface area contributed by atoms with Crippen LogP contribution in [-0.2, 0) is 23.5 Å². The molecule has 0 bridgehead atoms. The van der Waals surface area contributed by atoms with E-state index in [0.29, 0.717) is 11.2 Å². The Kier molecular flexibility index (Phi) is 5.18. The molecule has 1 N–H and O–H groups in total. The molecular formula is C19H22N2O4S. The van der Waals surface area contributed by atoms with Crippen LogP contribution >= 0.6 is 0 Å². The molecule has 138 valence electrons. The zero-order chi connectivity index (χ0) is 18.7. The highest BCUT2D eigenvalue weighted by atomic mass is 32.2. The number of rotatable bonds is 7. The van der Waals surface area contributed by atoms with E-state index in [1.54, 1.807) is 25.2 Å². The monoisotopic (exact) mass is 374 g/mol. The van der Waals surface area contributed by atoms with Gasteiger partial charge >= 0.3 is 5.76 Å². The average Bonchev–Trinajstić information content (AvgIpc) is 2.90. The van der Waals surface area contributed by atoms with Crippen LogP contribution in [0.3, 0.4) is 0 Å². The van der Waals surface area contributed by atoms with Gasteiger partial charge in [0, 0.05) is 18.8 Å². The quantitative estimate of drug-likeness (QED) is 0.640. The molecule has 6 nitrogen and oxygen atoms in total. The number of aryl methyl sites for hydroxylation is 2. The Morgan fingerprint density at radius 3 is 2.50 bits per heavy atom. The predicted octanol–water partition coefficient (Wildman–Crippen LogP) is 3.67. The van der Waals surface area contributed by atoms with Gasteiger partial charge in [-0.1, -0.05) is 31.9 Å². The summed E-state index contributed by atoms with van der Waals surface area (Å²) >= 11 is 0. The smallest absolute Gasteiger partial charge is 0.408 e. The molecule has 3 aromatic rings. The zero-order valence-electron chi connectivity index (χ0n) is 14.9. The molecule has 0 unspecified atom stereocenters. The van der Waals surface area contributed by atoms with Crippen molar-refractivity contribution in [3.63, 3.8) is 0 Å². The molecule has 26 heavy (non-hydrogen) atoms. The van der Waals surface area contributed by atoms with Gasteiger partial charge in [0.1, 0.15) is 0 Å². The maximum atomic E-state index is 12.6. The fourth-order valence-electron chi connectivity index (χ4n) is 2.81. The topological polar surface area (TPSA) is 81.3 Å². The van der Waals surface area contributed by atoms with Gasteiger partial charge in [0.25, 0.3) is 10.0 Å². The molecule has 0 aliphatic carbocycles. The van der Waals surface area contributed by atoms with Crippen LogP contribution in [0.5, 0.6) is 0 Å². The van der Waals surface area contributed by atoms with Gasteiger partial charge in [0.15, 0.2) is 5.58 Å². The van der Waals surface area contributed by atoms with Gasteiger partial charge in [-0.05, 0) is 42.7 Å². The van der Waals surface area contributed by atoms with E-state index in [0.717, 1.165) is 12.8 Å². The number of fused-ring (bicyclic) bond motifs is 1. The van der Waals surface area contributed by atoms with Gasteiger partial charge in [-0.15, -0.1) is 0 Å². The summed E-state index contributed by atoms with van der Waals surface area (Å²) in [6.45, 7) is 2.16. The standard InChI is InChI=1S/C19H22N2O4S/c1-3-4-5-6-14-7-9-15(10-8-14)20-26(23,24)16-11-12-17-18(13-16)25-19(22)21(17)2/h7-13,20H,3-6H2,1-2H3. The number of aromatic nitrogens is 1. The number of oxazole rings is 1. The van der Waals surface area contributed by atoms with Gasteiger partial charge < -0.3 is 4.42 Å². The fraction of sp³-hybridized carbons (Fsp3) is 0.316. The lowest BCUT2D eigenvalue weighted by Crippen LogP contribution is -2.13. The third-order valence-electron chi connectivity index (χ3n) is 4.35. The number of hydrogen-bond donors (Lipinski definition) is 1. The van der Waals surface area contributed by atoms with Crippen molar-refractivity contribution in [2.75, 3.05) is 4.72 Å². The number of nitrogens with one attached hydrogen (secondary N) is 1. The normalized spacial score (nSPS) is 11.8. The number of unbranched alkanes of at least 4 members (excludes halogenated alkanes) is 2. The van der Waals surface area contributed by atoms with Crippen LogP contribution in [0.15, 0.2) is 56.6 Å². The van der Waals surface area contributed by atoms with Crippen LogP contribution in [-0.4, -0.2) is 13.0 Å². The molecule has 0 aliphatic heterocycles. The largest absolute Gasteiger partial charge is 0.419 e. The van der Waals surface area contributed by atoms with Crippen LogP contribution in [0.2, 0.25) is 0 Å². The molecule has 0 atom stereocenters. The Morgan fingerprint density at radius 1 is 1.08 bits per heavy atom. The molecule has 0 saturated carbocycles. The summed E-state index contributed by atoms with van der Waals surface area (Å²) in [7, 11) is -2.19. The number of benzene rings is 2. The van der Waals surface area contributed by atoms with E-state index in [4.69, 9.17) is 4.42 Å². The third-order valence-corrected chi connectivity index (χ3v) is 5.73. The van der Waals surface area contributed by atoms with Crippen molar-refractivity contribution in [2.45, 2.75) is 37.5 Å². The molecule has 1 aromatic heterocycles. The van der Waals surface area contributed by atoms with E-state index in [2.05, 4.69) is 11.6 Å². The van der Waals surface area contributed by atoms with E-state index in [1.165, 1.54) is 35.1 Å². The molecule has 7 heteroatoms. The molecule has 0 spiro atoms. The van der Waals surface area contributed by atoms with Gasteiger partial charge in [0.2, 0.25) is 0 Å². The second-order valence-corrected chi connectivity index (χ2v) is 8.00. The number of sulfonamides is 1. The van der Waals surface area contributed by atoms with E-state index < -0.39 is 15.8 Å². The number of nitrogens with zero attached hydrogens (tertiary/aromatic N) is 1. The Morgan fingerprint density at radius 2 is 1.81 bits per heavy atom. The minimum atomic E-state index is -3.76. The van der Waals surface area contributed by atoms with Crippen LogP contribution in [0, 0.1) is 0 Å². The lowest BCUT2D eigenvalue weighted by atomic mass is 10.1. The average molecular weight is 374 g/mol. The van der Waals surface area contributed by atoms with E-state index in [1.807, 2.05) is 12.1 Å². The van der Waals surface area contributed by atoms with Crippen LogP contribution in [0.1, 0.15) is 31.7 Å². The summed E-state index contributed by atoms with van der Waals surface area (Å²) < 4.78 is 34.1. The number of anilines is 1. The van der Waals surface area contributed by atoms with Crippen LogP contribution < -0.4 is 10.5 Å². The van der Waals surface area contributed by atoms with Crippen LogP contribution in [0.25, 0.3) is 11.1 Å². The molecule has 2 aromatic carbocycles. The zero-order valence-corrected chi connectivity index (χ0v) is 15.7. The van der Waals surface area contributed by atoms with Crippen molar-refractivity contribution in [3.8, 4) is 0 Å². The first-order chi connectivity index (χ1) is 12.4. The summed E-state index contributed by atoms with van der Waals surface area (Å²) in [5, 5.41) is 0. The first-order valence-electron chi connectivity index (χ1n) is 8.62. The Balaban J connectivity index is 1.79. The SMILES string of the molecule is CCCCCc1ccc(NS(=O)(=O)c2ccc3c(c2)oc(=O)n3C)cc1. The third kappa shape index (κ3) is 3.83. The Labute approximate surface area is 152 Å². The van der Waals surface area contributed by atoms with E-state index in [9.17, 15) is 13.2 Å². The Bertz CT molecular complexity index is 1060. The van der Waals surface area contributed by atoms with Gasteiger partial charge in [-0.25, -0.2) is 13.2 Å².